The van der Waals surface area contributed by atoms with Crippen molar-refractivity contribution in [3.8, 4) is 5.69 Å². The van der Waals surface area contributed by atoms with E-state index in [2.05, 4.69) is 72.2 Å². The van der Waals surface area contributed by atoms with Crippen LogP contribution >= 0.6 is 15.9 Å². The first-order valence-electron chi connectivity index (χ1n) is 6.95. The van der Waals surface area contributed by atoms with Crippen molar-refractivity contribution in [3.05, 3.63) is 45.2 Å². The summed E-state index contributed by atoms with van der Waals surface area (Å²) in [6.07, 6.45) is 0. The number of nitrogens with one attached hydrogen (secondary N) is 1. The minimum absolute atomic E-state index is 0.502. The molecule has 0 saturated carbocycles. The lowest BCUT2D eigenvalue weighted by atomic mass is 10.1. The van der Waals surface area contributed by atoms with E-state index in [0.29, 0.717) is 6.04 Å². The van der Waals surface area contributed by atoms with Gasteiger partial charge in [0.2, 0.25) is 0 Å². The number of hydrogen-bond acceptors (Lipinski definition) is 2. The third-order valence-electron chi connectivity index (χ3n) is 3.41. The van der Waals surface area contributed by atoms with E-state index in [-0.39, 0.29) is 0 Å². The maximum absolute atomic E-state index is 4.60. The first-order valence-corrected chi connectivity index (χ1v) is 7.74. The molecule has 1 heterocycles. The molecule has 2 aromatic rings. The van der Waals surface area contributed by atoms with E-state index in [0.717, 1.165) is 28.1 Å². The molecule has 4 heteroatoms. The predicted molar refractivity (Wildman–Crippen MR) is 87.5 cm³/mol. The fourth-order valence-electron chi connectivity index (χ4n) is 2.25. The van der Waals surface area contributed by atoms with Crippen LogP contribution in [-0.2, 0) is 6.54 Å². The average Bonchev–Trinajstić information content (AvgIpc) is 2.64. The van der Waals surface area contributed by atoms with Gasteiger partial charge in [-0.3, -0.25) is 0 Å². The largest absolute Gasteiger partial charge is 0.310 e. The third kappa shape index (κ3) is 3.13. The van der Waals surface area contributed by atoms with Crippen molar-refractivity contribution in [3.63, 3.8) is 0 Å². The summed E-state index contributed by atoms with van der Waals surface area (Å²) in [5.74, 6) is 0. The van der Waals surface area contributed by atoms with Crippen LogP contribution in [-0.4, -0.2) is 15.8 Å². The molecule has 0 fully saturated rings. The molecular weight excluding hydrogens is 314 g/mol. The van der Waals surface area contributed by atoms with Gasteiger partial charge in [0.1, 0.15) is 0 Å². The van der Waals surface area contributed by atoms with E-state index in [9.17, 15) is 0 Å². The summed E-state index contributed by atoms with van der Waals surface area (Å²) in [7, 11) is 0. The minimum atomic E-state index is 0.502. The Morgan fingerprint density at radius 3 is 2.45 bits per heavy atom. The van der Waals surface area contributed by atoms with Gasteiger partial charge in [-0.25, -0.2) is 4.68 Å². The van der Waals surface area contributed by atoms with Gasteiger partial charge in [0.15, 0.2) is 0 Å². The van der Waals surface area contributed by atoms with Gasteiger partial charge in [-0.2, -0.15) is 5.10 Å². The molecule has 1 aromatic heterocycles. The molecule has 20 heavy (non-hydrogen) atoms. The topological polar surface area (TPSA) is 29.9 Å². The maximum Gasteiger partial charge on any atom is 0.0743 e. The Balaban J connectivity index is 2.32. The number of benzene rings is 1. The molecule has 0 aliphatic heterocycles. The zero-order valence-corrected chi connectivity index (χ0v) is 14.4. The van der Waals surface area contributed by atoms with Crippen LogP contribution in [0.2, 0.25) is 0 Å². The van der Waals surface area contributed by atoms with Crippen LogP contribution < -0.4 is 5.32 Å². The van der Waals surface area contributed by atoms with Gasteiger partial charge >= 0.3 is 0 Å². The quantitative estimate of drug-likeness (QED) is 0.913. The second-order valence-electron chi connectivity index (χ2n) is 5.55. The normalized spacial score (nSPS) is 11.3. The number of halogens is 1. The molecule has 0 radical (unpaired) electrons. The van der Waals surface area contributed by atoms with Crippen LogP contribution in [0, 0.1) is 20.8 Å². The number of aromatic nitrogens is 2. The first kappa shape index (κ1) is 15.3. The maximum atomic E-state index is 4.60. The van der Waals surface area contributed by atoms with Crippen LogP contribution in [0.1, 0.15) is 36.4 Å². The Hall–Kier alpha value is -1.13. The summed E-state index contributed by atoms with van der Waals surface area (Å²) >= 11 is 3.58. The average molecular weight is 336 g/mol. The summed E-state index contributed by atoms with van der Waals surface area (Å²) in [5, 5.41) is 8.04. The van der Waals surface area contributed by atoms with E-state index >= 15 is 0 Å². The zero-order valence-electron chi connectivity index (χ0n) is 12.8. The fourth-order valence-corrected chi connectivity index (χ4v) is 2.49. The van der Waals surface area contributed by atoms with Crippen molar-refractivity contribution < 1.29 is 0 Å². The van der Waals surface area contributed by atoms with Gasteiger partial charge in [0.05, 0.1) is 21.5 Å². The summed E-state index contributed by atoms with van der Waals surface area (Å²) in [6, 6.07) is 7.05. The number of aryl methyl sites for hydroxylation is 2. The Kier molecular flexibility index (Phi) is 4.66. The molecule has 0 aliphatic rings. The SMILES string of the molecule is Cc1cc(CNC(C)C)ccc1-n1nc(C)c(Br)c1C. The molecule has 0 aliphatic carbocycles. The van der Waals surface area contributed by atoms with Crippen LogP contribution in [0.4, 0.5) is 0 Å². The molecule has 3 nitrogen and oxygen atoms in total. The van der Waals surface area contributed by atoms with Crippen molar-refractivity contribution in [2.24, 2.45) is 0 Å². The summed E-state index contributed by atoms with van der Waals surface area (Å²) < 4.78 is 3.09. The highest BCUT2D eigenvalue weighted by Gasteiger charge is 2.12. The van der Waals surface area contributed by atoms with E-state index in [1.54, 1.807) is 0 Å². The highest BCUT2D eigenvalue weighted by molar-refractivity contribution is 9.10. The van der Waals surface area contributed by atoms with Crippen LogP contribution in [0.25, 0.3) is 5.69 Å². The summed E-state index contributed by atoms with van der Waals surface area (Å²) in [5.41, 5.74) is 5.85. The molecule has 2 rings (SSSR count). The zero-order chi connectivity index (χ0) is 14.9. The second kappa shape index (κ2) is 6.10. The molecule has 0 bridgehead atoms. The minimum Gasteiger partial charge on any atom is -0.310 e. The molecule has 0 spiro atoms. The molecular formula is C16H22BrN3. The van der Waals surface area contributed by atoms with Crippen LogP contribution in [0.3, 0.4) is 0 Å². The highest BCUT2D eigenvalue weighted by Crippen LogP contribution is 2.25. The molecule has 1 N–H and O–H groups in total. The Morgan fingerprint density at radius 2 is 1.95 bits per heavy atom. The highest BCUT2D eigenvalue weighted by atomic mass is 79.9. The Morgan fingerprint density at radius 1 is 1.25 bits per heavy atom. The summed E-state index contributed by atoms with van der Waals surface area (Å²) in [6.45, 7) is 11.5. The van der Waals surface area contributed by atoms with E-state index in [4.69, 9.17) is 0 Å². The Bertz CT molecular complexity index is 614. The lowest BCUT2D eigenvalue weighted by Gasteiger charge is -2.12. The molecule has 1 aromatic carbocycles. The molecule has 0 unspecified atom stereocenters. The van der Waals surface area contributed by atoms with Gasteiger partial charge in [0, 0.05) is 12.6 Å². The lowest BCUT2D eigenvalue weighted by molar-refractivity contribution is 0.588. The molecule has 0 atom stereocenters. The number of nitrogens with zero attached hydrogens (tertiary/aromatic N) is 2. The number of rotatable bonds is 4. The van der Waals surface area contributed by atoms with E-state index in [1.807, 2.05) is 11.6 Å². The van der Waals surface area contributed by atoms with Crippen molar-refractivity contribution in [2.45, 2.75) is 47.2 Å². The molecule has 0 saturated heterocycles. The fraction of sp³-hybridized carbons (Fsp3) is 0.438. The van der Waals surface area contributed by atoms with Crippen molar-refractivity contribution in [1.82, 2.24) is 15.1 Å². The van der Waals surface area contributed by atoms with Gasteiger partial charge in [-0.1, -0.05) is 26.0 Å². The van der Waals surface area contributed by atoms with E-state index < -0.39 is 0 Å². The number of hydrogen-bond donors (Lipinski definition) is 1. The third-order valence-corrected chi connectivity index (χ3v) is 4.55. The molecule has 0 amide bonds. The smallest absolute Gasteiger partial charge is 0.0743 e. The molecule has 108 valence electrons. The second-order valence-corrected chi connectivity index (χ2v) is 6.35. The van der Waals surface area contributed by atoms with Crippen molar-refractivity contribution >= 4 is 15.9 Å². The van der Waals surface area contributed by atoms with Crippen LogP contribution in [0.5, 0.6) is 0 Å². The van der Waals surface area contributed by atoms with Gasteiger partial charge in [-0.15, -0.1) is 0 Å². The van der Waals surface area contributed by atoms with Gasteiger partial charge in [-0.05, 0) is 53.9 Å². The predicted octanol–water partition coefficient (Wildman–Crippen LogP) is 4.06. The monoisotopic (exact) mass is 335 g/mol. The first-order chi connectivity index (χ1) is 9.40. The summed E-state index contributed by atoms with van der Waals surface area (Å²) in [4.78, 5) is 0. The van der Waals surface area contributed by atoms with E-state index in [1.165, 1.54) is 11.1 Å². The van der Waals surface area contributed by atoms with Gasteiger partial charge < -0.3 is 5.32 Å². The lowest BCUT2D eigenvalue weighted by Crippen LogP contribution is -2.21. The van der Waals surface area contributed by atoms with Gasteiger partial charge in [0.25, 0.3) is 0 Å². The van der Waals surface area contributed by atoms with Crippen molar-refractivity contribution in [1.29, 1.82) is 0 Å². The standard InChI is InChI=1S/C16H22BrN3/c1-10(2)18-9-14-6-7-15(11(3)8-14)20-13(5)16(17)12(4)19-20/h6-8,10,18H,9H2,1-5H3. The van der Waals surface area contributed by atoms with Crippen LogP contribution in [0.15, 0.2) is 22.7 Å². The Labute approximate surface area is 129 Å². The van der Waals surface area contributed by atoms with Crippen molar-refractivity contribution in [2.75, 3.05) is 0 Å².